The van der Waals surface area contributed by atoms with E-state index in [1.54, 1.807) is 19.1 Å². The lowest BCUT2D eigenvalue weighted by molar-refractivity contribution is -0.384. The Kier molecular flexibility index (Phi) is 4.78. The van der Waals surface area contributed by atoms with Gasteiger partial charge in [-0.2, -0.15) is 0 Å². The van der Waals surface area contributed by atoms with Crippen molar-refractivity contribution >= 4 is 17.3 Å². The number of nitro groups is 1. The van der Waals surface area contributed by atoms with Crippen LogP contribution in [-0.4, -0.2) is 23.0 Å². The number of hydrogen-bond acceptors (Lipinski definition) is 5. The summed E-state index contributed by atoms with van der Waals surface area (Å²) in [6, 6.07) is 8.61. The van der Waals surface area contributed by atoms with Gasteiger partial charge in [0.25, 0.3) is 11.6 Å². The van der Waals surface area contributed by atoms with Gasteiger partial charge in [-0.25, -0.2) is 0 Å². The highest BCUT2D eigenvalue weighted by molar-refractivity contribution is 5.94. The predicted molar refractivity (Wildman–Crippen MR) is 102 cm³/mol. The first kappa shape index (κ1) is 18.7. The van der Waals surface area contributed by atoms with Crippen LogP contribution in [0.4, 0.5) is 11.4 Å². The second-order valence-electron chi connectivity index (χ2n) is 7.33. The van der Waals surface area contributed by atoms with Crippen LogP contribution < -0.4 is 14.8 Å². The van der Waals surface area contributed by atoms with E-state index in [0.29, 0.717) is 11.5 Å². The van der Waals surface area contributed by atoms with Crippen molar-refractivity contribution in [2.75, 3.05) is 11.9 Å². The summed E-state index contributed by atoms with van der Waals surface area (Å²) in [5, 5.41) is 13.8. The topological polar surface area (TPSA) is 90.7 Å². The molecular formula is C20H22N2O5. The van der Waals surface area contributed by atoms with Crippen molar-refractivity contribution in [3.63, 3.8) is 0 Å². The molecule has 1 heterocycles. The number of anilines is 1. The molecule has 27 heavy (non-hydrogen) atoms. The van der Waals surface area contributed by atoms with Gasteiger partial charge in [0.15, 0.2) is 18.1 Å². The molecule has 7 nitrogen and oxygen atoms in total. The van der Waals surface area contributed by atoms with Crippen molar-refractivity contribution < 1.29 is 19.2 Å². The molecule has 1 N–H and O–H groups in total. The molecule has 0 fully saturated rings. The number of ether oxygens (including phenoxy) is 2. The summed E-state index contributed by atoms with van der Waals surface area (Å²) in [7, 11) is 0. The molecule has 1 aliphatic heterocycles. The summed E-state index contributed by atoms with van der Waals surface area (Å²) < 4.78 is 11.5. The number of nitrogens with one attached hydrogen (secondary N) is 1. The van der Waals surface area contributed by atoms with Crippen LogP contribution in [-0.2, 0) is 11.2 Å². The molecule has 0 aliphatic carbocycles. The van der Waals surface area contributed by atoms with E-state index in [9.17, 15) is 14.9 Å². The number of nitro benzene ring substituents is 1. The number of benzene rings is 2. The molecule has 0 aromatic heterocycles. The third kappa shape index (κ3) is 4.02. The van der Waals surface area contributed by atoms with Crippen LogP contribution >= 0.6 is 0 Å². The number of amides is 1. The maximum atomic E-state index is 12.3. The normalized spacial score (nSPS) is 14.2. The number of rotatable bonds is 5. The van der Waals surface area contributed by atoms with Crippen molar-refractivity contribution in [3.05, 3.63) is 57.1 Å². The van der Waals surface area contributed by atoms with E-state index in [4.69, 9.17) is 9.47 Å². The van der Waals surface area contributed by atoms with E-state index >= 15 is 0 Å². The summed E-state index contributed by atoms with van der Waals surface area (Å²) in [5.41, 5.74) is 2.38. The van der Waals surface area contributed by atoms with Gasteiger partial charge >= 0.3 is 0 Å². The Balaban J connectivity index is 1.72. The van der Waals surface area contributed by atoms with Crippen molar-refractivity contribution in [2.45, 2.75) is 39.7 Å². The van der Waals surface area contributed by atoms with Crippen LogP contribution in [0.15, 0.2) is 30.3 Å². The molecule has 0 saturated carbocycles. The van der Waals surface area contributed by atoms with Crippen molar-refractivity contribution in [2.24, 2.45) is 0 Å². The Labute approximate surface area is 157 Å². The molecule has 0 saturated heterocycles. The highest BCUT2D eigenvalue weighted by Crippen LogP contribution is 2.41. The van der Waals surface area contributed by atoms with Gasteiger partial charge in [0.05, 0.1) is 4.92 Å². The Morgan fingerprint density at radius 3 is 2.70 bits per heavy atom. The molecule has 0 unspecified atom stereocenters. The zero-order valence-electron chi connectivity index (χ0n) is 15.8. The number of carbonyl (C=O) groups excluding carboxylic acids is 1. The largest absolute Gasteiger partial charge is 0.483 e. The fraction of sp³-hybridized carbons (Fsp3) is 0.350. The second-order valence-corrected chi connectivity index (χ2v) is 7.33. The molecule has 142 valence electrons. The summed E-state index contributed by atoms with van der Waals surface area (Å²) in [6.45, 7) is 7.32. The average molecular weight is 370 g/mol. The summed E-state index contributed by atoms with van der Waals surface area (Å²) >= 11 is 0. The van der Waals surface area contributed by atoms with E-state index in [-0.39, 0.29) is 23.6 Å². The third-order valence-electron chi connectivity index (χ3n) is 4.50. The Bertz CT molecular complexity index is 921. The maximum Gasteiger partial charge on any atom is 0.293 e. The van der Waals surface area contributed by atoms with Crippen LogP contribution in [0.3, 0.4) is 0 Å². The number of nitrogens with zero attached hydrogens (tertiary/aromatic N) is 1. The SMILES string of the molecule is Cc1cc(NC(=O)COc2cccc3c2OC(C)(C)C3)c([N+](=O)[O-])cc1C. The summed E-state index contributed by atoms with van der Waals surface area (Å²) in [5.74, 6) is 0.659. The fourth-order valence-corrected chi connectivity index (χ4v) is 3.08. The lowest BCUT2D eigenvalue weighted by Gasteiger charge is -2.18. The Morgan fingerprint density at radius 1 is 1.30 bits per heavy atom. The van der Waals surface area contributed by atoms with E-state index < -0.39 is 10.8 Å². The first-order valence-electron chi connectivity index (χ1n) is 8.65. The molecule has 0 radical (unpaired) electrons. The zero-order valence-corrected chi connectivity index (χ0v) is 15.8. The molecule has 0 bridgehead atoms. The molecule has 2 aromatic carbocycles. The van der Waals surface area contributed by atoms with Gasteiger partial charge in [-0.15, -0.1) is 0 Å². The molecule has 0 spiro atoms. The minimum atomic E-state index is -0.511. The first-order chi connectivity index (χ1) is 12.7. The average Bonchev–Trinajstić information content (AvgIpc) is 2.90. The van der Waals surface area contributed by atoms with Crippen LogP contribution in [0.2, 0.25) is 0 Å². The number of carbonyl (C=O) groups is 1. The smallest absolute Gasteiger partial charge is 0.293 e. The quantitative estimate of drug-likeness (QED) is 0.636. The molecule has 1 aliphatic rings. The highest BCUT2D eigenvalue weighted by atomic mass is 16.6. The minimum Gasteiger partial charge on any atom is -0.483 e. The maximum absolute atomic E-state index is 12.3. The van der Waals surface area contributed by atoms with Crippen molar-refractivity contribution in [1.82, 2.24) is 0 Å². The van der Waals surface area contributed by atoms with E-state index in [0.717, 1.165) is 23.1 Å². The van der Waals surface area contributed by atoms with Crippen LogP contribution in [0.1, 0.15) is 30.5 Å². The summed E-state index contributed by atoms with van der Waals surface area (Å²) in [4.78, 5) is 23.0. The number of fused-ring (bicyclic) bond motifs is 1. The van der Waals surface area contributed by atoms with Gasteiger partial charge in [0.2, 0.25) is 0 Å². The van der Waals surface area contributed by atoms with E-state index in [2.05, 4.69) is 5.32 Å². The third-order valence-corrected chi connectivity index (χ3v) is 4.50. The Hall–Kier alpha value is -3.09. The van der Waals surface area contributed by atoms with Gasteiger partial charge in [-0.05, 0) is 51.0 Å². The van der Waals surface area contributed by atoms with Gasteiger partial charge in [0, 0.05) is 18.1 Å². The molecule has 7 heteroatoms. The minimum absolute atomic E-state index is 0.142. The molecule has 2 aromatic rings. The summed E-state index contributed by atoms with van der Waals surface area (Å²) in [6.07, 6.45) is 0.764. The van der Waals surface area contributed by atoms with Crippen molar-refractivity contribution in [3.8, 4) is 11.5 Å². The van der Waals surface area contributed by atoms with Crippen LogP contribution in [0, 0.1) is 24.0 Å². The van der Waals surface area contributed by atoms with Gasteiger partial charge in [-0.3, -0.25) is 14.9 Å². The van der Waals surface area contributed by atoms with Gasteiger partial charge < -0.3 is 14.8 Å². The lowest BCUT2D eigenvalue weighted by Crippen LogP contribution is -2.25. The number of aryl methyl sites for hydroxylation is 2. The second kappa shape index (κ2) is 6.90. The zero-order chi connectivity index (χ0) is 19.8. The number of hydrogen-bond donors (Lipinski definition) is 1. The Morgan fingerprint density at radius 2 is 2.00 bits per heavy atom. The van der Waals surface area contributed by atoms with E-state index in [1.807, 2.05) is 32.9 Å². The monoisotopic (exact) mass is 370 g/mol. The predicted octanol–water partition coefficient (Wildman–Crippen LogP) is 3.94. The van der Waals surface area contributed by atoms with Crippen LogP contribution in [0.5, 0.6) is 11.5 Å². The number of para-hydroxylation sites is 1. The van der Waals surface area contributed by atoms with Gasteiger partial charge in [0.1, 0.15) is 11.3 Å². The molecule has 0 atom stereocenters. The molecule has 1 amide bonds. The fourth-order valence-electron chi connectivity index (χ4n) is 3.08. The lowest BCUT2D eigenvalue weighted by atomic mass is 10.0. The van der Waals surface area contributed by atoms with E-state index in [1.165, 1.54) is 6.07 Å². The molecule has 3 rings (SSSR count). The van der Waals surface area contributed by atoms with Gasteiger partial charge in [-0.1, -0.05) is 12.1 Å². The van der Waals surface area contributed by atoms with Crippen molar-refractivity contribution in [1.29, 1.82) is 0 Å². The molecular weight excluding hydrogens is 348 g/mol. The first-order valence-corrected chi connectivity index (χ1v) is 8.65. The standard InChI is InChI=1S/C20H22N2O5/c1-12-8-15(16(22(24)25)9-13(12)2)21-18(23)11-26-17-7-5-6-14-10-20(3,4)27-19(14)17/h5-9H,10-11H2,1-4H3,(H,21,23). The van der Waals surface area contributed by atoms with Crippen LogP contribution in [0.25, 0.3) is 0 Å². The highest BCUT2D eigenvalue weighted by Gasteiger charge is 2.32.